The van der Waals surface area contributed by atoms with E-state index in [1.54, 1.807) is 7.11 Å². The Morgan fingerprint density at radius 2 is 2.29 bits per heavy atom. The maximum Gasteiger partial charge on any atom is 0.191 e. The molecule has 3 rings (SSSR count). The average Bonchev–Trinajstić information content (AvgIpc) is 3.08. The van der Waals surface area contributed by atoms with Gasteiger partial charge >= 0.3 is 0 Å². The van der Waals surface area contributed by atoms with E-state index < -0.39 is 0 Å². The molecule has 1 aliphatic heterocycles. The Morgan fingerprint density at radius 3 is 3.04 bits per heavy atom. The van der Waals surface area contributed by atoms with Crippen LogP contribution in [0.3, 0.4) is 0 Å². The summed E-state index contributed by atoms with van der Waals surface area (Å²) >= 11 is 0. The molecular weight excluding hydrogens is 352 g/mol. The molecule has 1 aromatic heterocycles. The molecule has 7 nitrogen and oxygen atoms in total. The maximum absolute atomic E-state index is 5.14. The van der Waals surface area contributed by atoms with Gasteiger partial charge in [-0.1, -0.05) is 36.8 Å². The summed E-state index contributed by atoms with van der Waals surface area (Å²) in [6.07, 6.45) is 1.93. The second-order valence-corrected chi connectivity index (χ2v) is 7.47. The van der Waals surface area contributed by atoms with Crippen molar-refractivity contribution >= 4 is 5.96 Å². The predicted molar refractivity (Wildman–Crippen MR) is 112 cm³/mol. The molecule has 28 heavy (non-hydrogen) atoms. The molecular formula is C21H32N6O. The molecule has 0 spiro atoms. The molecule has 7 heteroatoms. The Labute approximate surface area is 167 Å². The minimum absolute atomic E-state index is 0.289. The van der Waals surface area contributed by atoms with Gasteiger partial charge in [0.2, 0.25) is 0 Å². The number of hydrogen-bond donors (Lipinski definition) is 2. The number of aryl methyl sites for hydroxylation is 2. The van der Waals surface area contributed by atoms with Gasteiger partial charge in [-0.3, -0.25) is 4.99 Å². The van der Waals surface area contributed by atoms with Crippen LogP contribution in [-0.2, 0) is 24.3 Å². The van der Waals surface area contributed by atoms with Gasteiger partial charge in [0.15, 0.2) is 11.8 Å². The van der Waals surface area contributed by atoms with E-state index in [4.69, 9.17) is 9.73 Å². The van der Waals surface area contributed by atoms with Gasteiger partial charge in [0.25, 0.3) is 0 Å². The van der Waals surface area contributed by atoms with Gasteiger partial charge in [-0.25, -0.2) is 9.67 Å². The maximum atomic E-state index is 5.14. The number of nitrogens with one attached hydrogen (secondary N) is 2. The van der Waals surface area contributed by atoms with Gasteiger partial charge < -0.3 is 15.4 Å². The normalized spacial score (nSPS) is 17.9. The molecule has 0 fully saturated rings. The van der Waals surface area contributed by atoms with E-state index in [1.165, 1.54) is 11.1 Å². The molecule has 2 N–H and O–H groups in total. The first-order chi connectivity index (χ1) is 13.6. The van der Waals surface area contributed by atoms with E-state index in [0.717, 1.165) is 50.1 Å². The number of methoxy groups -OCH3 is 1. The van der Waals surface area contributed by atoms with Crippen molar-refractivity contribution < 1.29 is 4.74 Å². The highest BCUT2D eigenvalue weighted by Gasteiger charge is 2.22. The molecule has 0 saturated heterocycles. The zero-order valence-corrected chi connectivity index (χ0v) is 17.4. The van der Waals surface area contributed by atoms with Crippen LogP contribution in [0.25, 0.3) is 0 Å². The van der Waals surface area contributed by atoms with Crippen molar-refractivity contribution in [3.05, 3.63) is 47.0 Å². The van der Waals surface area contributed by atoms with Crippen LogP contribution in [0.5, 0.6) is 0 Å². The van der Waals surface area contributed by atoms with E-state index >= 15 is 0 Å². The van der Waals surface area contributed by atoms with Crippen LogP contribution in [0.2, 0.25) is 0 Å². The Balaban J connectivity index is 1.61. The lowest BCUT2D eigenvalue weighted by Crippen LogP contribution is -2.47. The van der Waals surface area contributed by atoms with Gasteiger partial charge in [-0.05, 0) is 25.8 Å². The standard InChI is InChI=1S/C21H32N6O/c1-5-22-21(23-12-16(3)17-8-6-7-15(2)11-17)24-18-9-10-20-25-19(14-28-4)26-27(20)13-18/h6-8,11,16,18H,5,9-10,12-14H2,1-4H3,(H2,22,23,24). The first-order valence-corrected chi connectivity index (χ1v) is 10.1. The minimum Gasteiger partial charge on any atom is -0.377 e. The van der Waals surface area contributed by atoms with Crippen LogP contribution in [0, 0.1) is 6.92 Å². The summed E-state index contributed by atoms with van der Waals surface area (Å²) in [5, 5.41) is 11.5. The number of guanidine groups is 1. The zero-order valence-electron chi connectivity index (χ0n) is 17.4. The van der Waals surface area contributed by atoms with E-state index in [0.29, 0.717) is 12.5 Å². The third-order valence-corrected chi connectivity index (χ3v) is 4.99. The SMILES string of the molecule is CCNC(=NCC(C)c1cccc(C)c1)NC1CCc2nc(COC)nn2C1. The molecule has 1 aliphatic rings. The minimum atomic E-state index is 0.289. The lowest BCUT2D eigenvalue weighted by atomic mass is 10.00. The Kier molecular flexibility index (Phi) is 7.03. The monoisotopic (exact) mass is 384 g/mol. The number of rotatable bonds is 7. The molecule has 0 aliphatic carbocycles. The van der Waals surface area contributed by atoms with Crippen LogP contribution in [0.1, 0.15) is 49.0 Å². The van der Waals surface area contributed by atoms with Crippen LogP contribution in [-0.4, -0.2) is 47.0 Å². The highest BCUT2D eigenvalue weighted by molar-refractivity contribution is 5.80. The van der Waals surface area contributed by atoms with Gasteiger partial charge in [0.1, 0.15) is 12.4 Å². The quantitative estimate of drug-likeness (QED) is 0.566. The van der Waals surface area contributed by atoms with Gasteiger partial charge in [-0.2, -0.15) is 5.10 Å². The molecule has 152 valence electrons. The van der Waals surface area contributed by atoms with Crippen molar-refractivity contribution in [2.24, 2.45) is 4.99 Å². The lowest BCUT2D eigenvalue weighted by molar-refractivity contribution is 0.177. The first-order valence-electron chi connectivity index (χ1n) is 10.1. The largest absolute Gasteiger partial charge is 0.377 e. The first kappa shape index (κ1) is 20.3. The molecule has 2 atom stereocenters. The summed E-state index contributed by atoms with van der Waals surface area (Å²) in [7, 11) is 1.67. The lowest BCUT2D eigenvalue weighted by Gasteiger charge is -2.25. The summed E-state index contributed by atoms with van der Waals surface area (Å²) in [5.74, 6) is 3.04. The third-order valence-electron chi connectivity index (χ3n) is 4.99. The zero-order chi connectivity index (χ0) is 19.9. The molecule has 1 aromatic carbocycles. The van der Waals surface area contributed by atoms with Crippen LogP contribution < -0.4 is 10.6 Å². The fourth-order valence-corrected chi connectivity index (χ4v) is 3.49. The van der Waals surface area contributed by atoms with Crippen molar-refractivity contribution in [1.29, 1.82) is 0 Å². The van der Waals surface area contributed by atoms with Crippen LogP contribution in [0.15, 0.2) is 29.3 Å². The van der Waals surface area contributed by atoms with Gasteiger partial charge in [0, 0.05) is 38.6 Å². The predicted octanol–water partition coefficient (Wildman–Crippen LogP) is 2.41. The second kappa shape index (κ2) is 9.68. The van der Waals surface area contributed by atoms with E-state index in [9.17, 15) is 0 Å². The molecule has 0 radical (unpaired) electrons. The summed E-state index contributed by atoms with van der Waals surface area (Å²) in [6, 6.07) is 8.95. The Hall–Kier alpha value is -2.41. The van der Waals surface area contributed by atoms with Crippen molar-refractivity contribution in [2.75, 3.05) is 20.2 Å². The van der Waals surface area contributed by atoms with E-state index in [-0.39, 0.29) is 6.04 Å². The number of aromatic nitrogens is 3. The molecule has 0 saturated carbocycles. The average molecular weight is 385 g/mol. The number of aliphatic imine (C=N–C) groups is 1. The highest BCUT2D eigenvalue weighted by atomic mass is 16.5. The topological polar surface area (TPSA) is 76.4 Å². The summed E-state index contributed by atoms with van der Waals surface area (Å²) in [6.45, 7) is 9.28. The third kappa shape index (κ3) is 5.32. The highest BCUT2D eigenvalue weighted by Crippen LogP contribution is 2.17. The summed E-state index contributed by atoms with van der Waals surface area (Å²) in [4.78, 5) is 9.38. The van der Waals surface area contributed by atoms with E-state index in [1.807, 2.05) is 4.68 Å². The van der Waals surface area contributed by atoms with Crippen molar-refractivity contribution in [3.63, 3.8) is 0 Å². The second-order valence-electron chi connectivity index (χ2n) is 7.47. The van der Waals surface area contributed by atoms with Crippen molar-refractivity contribution in [3.8, 4) is 0 Å². The Morgan fingerprint density at radius 1 is 1.43 bits per heavy atom. The van der Waals surface area contributed by atoms with E-state index in [2.05, 4.69) is 65.8 Å². The van der Waals surface area contributed by atoms with Crippen molar-refractivity contribution in [2.45, 2.75) is 58.7 Å². The fourth-order valence-electron chi connectivity index (χ4n) is 3.49. The Bertz CT molecular complexity index is 800. The molecule has 2 heterocycles. The number of benzene rings is 1. The summed E-state index contributed by atoms with van der Waals surface area (Å²) < 4.78 is 7.14. The smallest absolute Gasteiger partial charge is 0.191 e. The number of fused-ring (bicyclic) bond motifs is 1. The van der Waals surface area contributed by atoms with Gasteiger partial charge in [0.05, 0.1) is 6.54 Å². The van der Waals surface area contributed by atoms with Crippen LogP contribution in [0.4, 0.5) is 0 Å². The molecule has 2 aromatic rings. The number of nitrogens with zero attached hydrogens (tertiary/aromatic N) is 4. The molecule has 0 amide bonds. The van der Waals surface area contributed by atoms with Gasteiger partial charge in [-0.15, -0.1) is 0 Å². The molecule has 2 unspecified atom stereocenters. The fraction of sp³-hybridized carbons (Fsp3) is 0.571. The number of ether oxygens (including phenoxy) is 1. The molecule has 0 bridgehead atoms. The van der Waals surface area contributed by atoms with Crippen molar-refractivity contribution in [1.82, 2.24) is 25.4 Å². The number of hydrogen-bond acceptors (Lipinski definition) is 4. The van der Waals surface area contributed by atoms with Crippen LogP contribution >= 0.6 is 0 Å². The summed E-state index contributed by atoms with van der Waals surface area (Å²) in [5.41, 5.74) is 2.62.